The summed E-state index contributed by atoms with van der Waals surface area (Å²) in [4.78, 5) is 11.5. The topological polar surface area (TPSA) is 46.9 Å². The monoisotopic (exact) mass is 471 g/mol. The van der Waals surface area contributed by atoms with Gasteiger partial charge in [0.15, 0.2) is 0 Å². The lowest BCUT2D eigenvalue weighted by atomic mass is 9.71. The molecule has 0 bridgehead atoms. The third kappa shape index (κ3) is 5.29. The van der Waals surface area contributed by atoms with Crippen molar-refractivity contribution >= 4 is 16.8 Å². The third-order valence-corrected chi connectivity index (χ3v) is 7.00. The number of carbonyl (C=O) groups excluding carboxylic acids is 1. The largest absolute Gasteiger partial charge is 0.471 e. The van der Waals surface area contributed by atoms with Gasteiger partial charge in [-0.3, -0.25) is 9.48 Å². The normalized spacial score (nSPS) is 16.9. The zero-order chi connectivity index (χ0) is 24.3. The average molecular weight is 472 g/mol. The Hall–Kier alpha value is -2.83. The number of hydrogen-bond donors (Lipinski definition) is 1. The number of aromatic nitrogens is 2. The van der Waals surface area contributed by atoms with Gasteiger partial charge in [-0.1, -0.05) is 75.9 Å². The highest BCUT2D eigenvalue weighted by Gasteiger charge is 2.40. The Kier molecular flexibility index (Phi) is 7.01. The molecule has 1 aliphatic carbocycles. The Bertz CT molecular complexity index is 1110. The second-order valence-electron chi connectivity index (χ2n) is 10.1. The first kappa shape index (κ1) is 24.3. The number of amides is 1. The second kappa shape index (κ2) is 9.80. The number of carbonyl (C=O) groups is 1. The SMILES string of the molecule is CC(C)(CNC(=O)C(F)(F)F)C(c1ccccc1)c1ccc2c(cnn2C2CCCCCC2)c1. The maximum atomic E-state index is 12.8. The van der Waals surface area contributed by atoms with Crippen LogP contribution in [0.5, 0.6) is 0 Å². The molecule has 1 aliphatic rings. The van der Waals surface area contributed by atoms with Crippen LogP contribution in [0.3, 0.4) is 0 Å². The summed E-state index contributed by atoms with van der Waals surface area (Å²) in [5.74, 6) is -2.12. The van der Waals surface area contributed by atoms with Gasteiger partial charge in [-0.2, -0.15) is 18.3 Å². The smallest absolute Gasteiger partial charge is 0.348 e. The maximum absolute atomic E-state index is 12.8. The zero-order valence-corrected chi connectivity index (χ0v) is 19.7. The molecule has 3 aromatic rings. The van der Waals surface area contributed by atoms with Crippen molar-refractivity contribution in [3.63, 3.8) is 0 Å². The Labute approximate surface area is 198 Å². The summed E-state index contributed by atoms with van der Waals surface area (Å²) in [5.41, 5.74) is 2.40. The van der Waals surface area contributed by atoms with Crippen LogP contribution >= 0.6 is 0 Å². The lowest BCUT2D eigenvalue weighted by Crippen LogP contribution is -2.43. The molecule has 1 aromatic heterocycles. The van der Waals surface area contributed by atoms with Crippen LogP contribution in [0.2, 0.25) is 0 Å². The summed E-state index contributed by atoms with van der Waals surface area (Å²) in [5, 5.41) is 7.84. The fraction of sp³-hybridized carbons (Fsp3) is 0.481. The molecular weight excluding hydrogens is 439 g/mol. The van der Waals surface area contributed by atoms with Crippen LogP contribution in [0.25, 0.3) is 10.9 Å². The Morgan fingerprint density at radius 3 is 2.35 bits per heavy atom. The molecule has 1 atom stereocenters. The van der Waals surface area contributed by atoms with E-state index in [4.69, 9.17) is 5.10 Å². The zero-order valence-electron chi connectivity index (χ0n) is 19.7. The number of rotatable bonds is 6. The van der Waals surface area contributed by atoms with E-state index < -0.39 is 17.5 Å². The van der Waals surface area contributed by atoms with Gasteiger partial charge in [0.05, 0.1) is 17.8 Å². The Balaban J connectivity index is 1.67. The molecule has 0 spiro atoms. The standard InChI is InChI=1S/C27H32F3N3O/c1-26(2,18-31-25(34)27(28,29)30)24(19-10-6-5-7-11-19)20-14-15-23-21(16-20)17-32-33(23)22-12-8-3-4-9-13-22/h5-7,10-11,14-17,22,24H,3-4,8-9,12-13,18H2,1-2H3,(H,31,34). The van der Waals surface area contributed by atoms with E-state index >= 15 is 0 Å². The van der Waals surface area contributed by atoms with E-state index in [2.05, 4.69) is 28.2 Å². The highest BCUT2D eigenvalue weighted by Crippen LogP contribution is 2.42. The lowest BCUT2D eigenvalue weighted by molar-refractivity contribution is -0.174. The fourth-order valence-corrected chi connectivity index (χ4v) is 5.30. The Morgan fingerprint density at radius 2 is 1.71 bits per heavy atom. The number of nitrogens with zero attached hydrogens (tertiary/aromatic N) is 2. The van der Waals surface area contributed by atoms with Gasteiger partial charge in [0.2, 0.25) is 0 Å². The summed E-state index contributed by atoms with van der Waals surface area (Å²) in [6.45, 7) is 3.67. The van der Waals surface area contributed by atoms with Crippen LogP contribution in [-0.4, -0.2) is 28.4 Å². The molecule has 1 heterocycles. The van der Waals surface area contributed by atoms with Gasteiger partial charge in [-0.15, -0.1) is 0 Å². The summed E-state index contributed by atoms with van der Waals surface area (Å²) in [6, 6.07) is 16.4. The first-order valence-electron chi connectivity index (χ1n) is 12.0. The maximum Gasteiger partial charge on any atom is 0.471 e. The molecular formula is C27H32F3N3O. The number of halogens is 3. The minimum atomic E-state index is -4.90. The minimum absolute atomic E-state index is 0.107. The molecule has 0 saturated heterocycles. The van der Waals surface area contributed by atoms with Gasteiger partial charge in [0.25, 0.3) is 0 Å². The molecule has 4 rings (SSSR count). The summed E-state index contributed by atoms with van der Waals surface area (Å²) in [6.07, 6.45) is 4.26. The predicted octanol–water partition coefficient (Wildman–Crippen LogP) is 6.77. The van der Waals surface area contributed by atoms with E-state index in [0.29, 0.717) is 6.04 Å². The average Bonchev–Trinajstić information content (AvgIpc) is 3.02. The summed E-state index contributed by atoms with van der Waals surface area (Å²) < 4.78 is 40.6. The molecule has 1 saturated carbocycles. The number of hydrogen-bond acceptors (Lipinski definition) is 2. The van der Waals surface area contributed by atoms with Crippen LogP contribution in [0.1, 0.15) is 75.5 Å². The van der Waals surface area contributed by atoms with Crippen molar-refractivity contribution in [3.8, 4) is 0 Å². The molecule has 0 radical (unpaired) electrons. The second-order valence-corrected chi connectivity index (χ2v) is 10.1. The molecule has 34 heavy (non-hydrogen) atoms. The van der Waals surface area contributed by atoms with Crippen molar-refractivity contribution in [1.29, 1.82) is 0 Å². The van der Waals surface area contributed by atoms with Gasteiger partial charge in [-0.05, 0) is 41.5 Å². The van der Waals surface area contributed by atoms with Crippen LogP contribution in [0, 0.1) is 5.41 Å². The van der Waals surface area contributed by atoms with Gasteiger partial charge in [0, 0.05) is 17.8 Å². The predicted molar refractivity (Wildman–Crippen MR) is 128 cm³/mol. The van der Waals surface area contributed by atoms with Gasteiger partial charge in [0.1, 0.15) is 0 Å². The molecule has 2 aromatic carbocycles. The van der Waals surface area contributed by atoms with Crippen molar-refractivity contribution in [2.45, 2.75) is 70.5 Å². The van der Waals surface area contributed by atoms with E-state index in [1.54, 1.807) is 0 Å². The molecule has 1 unspecified atom stereocenters. The number of benzene rings is 2. The molecule has 1 amide bonds. The highest BCUT2D eigenvalue weighted by atomic mass is 19.4. The van der Waals surface area contributed by atoms with E-state index in [0.717, 1.165) is 34.9 Å². The first-order chi connectivity index (χ1) is 16.2. The van der Waals surface area contributed by atoms with E-state index in [1.807, 2.05) is 50.4 Å². The van der Waals surface area contributed by atoms with Crippen molar-refractivity contribution in [3.05, 3.63) is 65.9 Å². The first-order valence-corrected chi connectivity index (χ1v) is 12.0. The quantitative estimate of drug-likeness (QED) is 0.403. The van der Waals surface area contributed by atoms with Crippen LogP contribution in [-0.2, 0) is 4.79 Å². The van der Waals surface area contributed by atoms with Crippen molar-refractivity contribution in [2.75, 3.05) is 6.54 Å². The fourth-order valence-electron chi connectivity index (χ4n) is 5.30. The highest BCUT2D eigenvalue weighted by molar-refractivity contribution is 5.82. The molecule has 1 N–H and O–H groups in total. The van der Waals surface area contributed by atoms with Crippen molar-refractivity contribution < 1.29 is 18.0 Å². The molecule has 0 aliphatic heterocycles. The van der Waals surface area contributed by atoms with Crippen LogP contribution < -0.4 is 5.32 Å². The molecule has 4 nitrogen and oxygen atoms in total. The lowest BCUT2D eigenvalue weighted by Gasteiger charge is -2.35. The summed E-state index contributed by atoms with van der Waals surface area (Å²) in [7, 11) is 0. The van der Waals surface area contributed by atoms with Crippen LogP contribution in [0.4, 0.5) is 13.2 Å². The minimum Gasteiger partial charge on any atom is -0.348 e. The summed E-state index contributed by atoms with van der Waals surface area (Å²) >= 11 is 0. The van der Waals surface area contributed by atoms with Crippen molar-refractivity contribution in [1.82, 2.24) is 15.1 Å². The molecule has 7 heteroatoms. The van der Waals surface area contributed by atoms with E-state index in [-0.39, 0.29) is 12.5 Å². The number of alkyl halides is 3. The number of nitrogens with one attached hydrogen (secondary N) is 1. The van der Waals surface area contributed by atoms with Crippen LogP contribution in [0.15, 0.2) is 54.7 Å². The van der Waals surface area contributed by atoms with Crippen molar-refractivity contribution in [2.24, 2.45) is 5.41 Å². The van der Waals surface area contributed by atoms with Gasteiger partial charge < -0.3 is 5.32 Å². The van der Waals surface area contributed by atoms with Gasteiger partial charge >= 0.3 is 12.1 Å². The van der Waals surface area contributed by atoms with E-state index in [9.17, 15) is 18.0 Å². The molecule has 1 fully saturated rings. The molecule has 182 valence electrons. The number of fused-ring (bicyclic) bond motifs is 1. The third-order valence-electron chi connectivity index (χ3n) is 7.00. The van der Waals surface area contributed by atoms with Gasteiger partial charge in [-0.25, -0.2) is 0 Å². The van der Waals surface area contributed by atoms with E-state index in [1.165, 1.54) is 25.7 Å². The Morgan fingerprint density at radius 1 is 1.03 bits per heavy atom.